The number of aromatic nitrogens is 2. The Morgan fingerprint density at radius 3 is 2.57 bits per heavy atom. The van der Waals surface area contributed by atoms with E-state index in [4.69, 9.17) is 26.5 Å². The number of fused-ring (bicyclic) bond motifs is 1. The zero-order valence-corrected chi connectivity index (χ0v) is 20.3. The third kappa shape index (κ3) is 7.23. The van der Waals surface area contributed by atoms with Crippen LogP contribution in [0.2, 0.25) is 5.02 Å². The molecular weight excluding hydrogens is 468 g/mol. The van der Waals surface area contributed by atoms with Gasteiger partial charge in [0, 0.05) is 23.9 Å². The van der Waals surface area contributed by atoms with E-state index in [-0.39, 0.29) is 24.1 Å². The van der Waals surface area contributed by atoms with Gasteiger partial charge in [-0.05, 0) is 57.3 Å². The number of oxazole rings is 1. The van der Waals surface area contributed by atoms with Crippen molar-refractivity contribution < 1.29 is 18.7 Å². The summed E-state index contributed by atoms with van der Waals surface area (Å²) in [5.74, 6) is 0.947. The topological polar surface area (TPSA) is 120 Å². The normalized spacial score (nSPS) is 10.3. The highest BCUT2D eigenvalue weighted by molar-refractivity contribution is 6.34. The fourth-order valence-electron chi connectivity index (χ4n) is 3.00. The van der Waals surface area contributed by atoms with Crippen LogP contribution in [0.1, 0.15) is 34.7 Å². The van der Waals surface area contributed by atoms with E-state index < -0.39 is 0 Å². The molecule has 4 rings (SSSR count). The van der Waals surface area contributed by atoms with Crippen LogP contribution in [0, 0.1) is 0 Å². The number of nitrogens with zero attached hydrogens (tertiary/aromatic N) is 2. The van der Waals surface area contributed by atoms with E-state index in [1.807, 2.05) is 19.9 Å². The molecule has 0 saturated heterocycles. The first kappa shape index (κ1) is 25.6. The fraction of sp³-hybridized carbons (Fsp3) is 0.154. The number of pyridine rings is 1. The van der Waals surface area contributed by atoms with Crippen LogP contribution in [0.5, 0.6) is 11.5 Å². The van der Waals surface area contributed by atoms with Crippen LogP contribution in [-0.2, 0) is 0 Å². The number of nitrogen functional groups attached to an aromatic ring is 1. The Kier molecular flexibility index (Phi) is 8.72. The highest BCUT2D eigenvalue weighted by atomic mass is 35.5. The molecule has 2 heterocycles. The number of likely N-dealkylation sites (N-methyl/N-ethyl adjacent to an activating group) is 1. The third-order valence-electron chi connectivity index (χ3n) is 4.52. The van der Waals surface area contributed by atoms with E-state index in [1.54, 1.807) is 61.7 Å². The minimum Gasteiger partial charge on any atom is -0.457 e. The van der Waals surface area contributed by atoms with Crippen molar-refractivity contribution in [2.24, 2.45) is 0 Å². The Hall–Kier alpha value is -4.01. The van der Waals surface area contributed by atoms with Crippen LogP contribution in [0.3, 0.4) is 0 Å². The maximum atomic E-state index is 11.8. The van der Waals surface area contributed by atoms with Gasteiger partial charge in [-0.25, -0.2) is 0 Å². The summed E-state index contributed by atoms with van der Waals surface area (Å²) in [6, 6.07) is 15.6. The van der Waals surface area contributed by atoms with E-state index in [9.17, 15) is 9.59 Å². The van der Waals surface area contributed by atoms with Gasteiger partial charge >= 0.3 is 0 Å². The van der Waals surface area contributed by atoms with E-state index in [0.29, 0.717) is 38.9 Å². The quantitative estimate of drug-likeness (QED) is 0.256. The minimum absolute atomic E-state index is 0.0365. The number of anilines is 1. The lowest BCUT2D eigenvalue weighted by molar-refractivity contribution is 0.0987. The molecule has 0 radical (unpaired) electrons. The molecule has 0 aliphatic carbocycles. The van der Waals surface area contributed by atoms with Gasteiger partial charge in [-0.3, -0.25) is 14.6 Å². The summed E-state index contributed by atoms with van der Waals surface area (Å²) in [5.41, 5.74) is 8.58. The zero-order chi connectivity index (χ0) is 25.4. The van der Waals surface area contributed by atoms with Crippen LogP contribution in [0.4, 0.5) is 6.01 Å². The van der Waals surface area contributed by atoms with Gasteiger partial charge < -0.3 is 20.2 Å². The molecule has 0 spiro atoms. The molecule has 2 aromatic carbocycles. The molecule has 2 aromatic heterocycles. The second-order valence-electron chi connectivity index (χ2n) is 7.68. The molecule has 0 amide bonds. The van der Waals surface area contributed by atoms with Gasteiger partial charge in [0.25, 0.3) is 6.01 Å². The molecule has 0 fully saturated rings. The molecular formula is C26H25ClN4O4. The maximum absolute atomic E-state index is 11.8. The van der Waals surface area contributed by atoms with Crippen molar-refractivity contribution in [2.45, 2.75) is 13.8 Å². The van der Waals surface area contributed by atoms with Crippen molar-refractivity contribution in [3.8, 4) is 11.5 Å². The third-order valence-corrected chi connectivity index (χ3v) is 4.85. The predicted molar refractivity (Wildman–Crippen MR) is 136 cm³/mol. The molecule has 0 aliphatic rings. The molecule has 0 saturated carbocycles. The summed E-state index contributed by atoms with van der Waals surface area (Å²) in [7, 11) is 1.71. The van der Waals surface area contributed by atoms with Crippen LogP contribution >= 0.6 is 11.6 Å². The first-order chi connectivity index (χ1) is 16.8. The molecule has 4 aromatic rings. The fourth-order valence-corrected chi connectivity index (χ4v) is 3.23. The van der Waals surface area contributed by atoms with Gasteiger partial charge in [-0.2, -0.15) is 4.98 Å². The Morgan fingerprint density at radius 2 is 1.86 bits per heavy atom. The summed E-state index contributed by atoms with van der Waals surface area (Å²) in [4.78, 5) is 31.4. The average molecular weight is 493 g/mol. The Bertz CT molecular complexity index is 1380. The van der Waals surface area contributed by atoms with Gasteiger partial charge in [-0.15, -0.1) is 0 Å². The van der Waals surface area contributed by atoms with E-state index in [0.717, 1.165) is 5.57 Å². The predicted octanol–water partition coefficient (Wildman–Crippen LogP) is 5.49. The molecule has 8 nitrogen and oxygen atoms in total. The summed E-state index contributed by atoms with van der Waals surface area (Å²) < 4.78 is 10.9. The molecule has 0 atom stereocenters. The van der Waals surface area contributed by atoms with E-state index >= 15 is 0 Å². The Balaban J connectivity index is 0.000000225. The summed E-state index contributed by atoms with van der Waals surface area (Å²) >= 11 is 5.85. The van der Waals surface area contributed by atoms with E-state index in [2.05, 4.69) is 15.3 Å². The largest absolute Gasteiger partial charge is 0.457 e. The van der Waals surface area contributed by atoms with Crippen molar-refractivity contribution in [1.82, 2.24) is 15.3 Å². The second kappa shape index (κ2) is 11.9. The number of halogens is 1. The molecule has 3 N–H and O–H groups in total. The number of nitrogens with one attached hydrogen (secondary N) is 1. The number of Topliss-reactive ketones (excluding diaryl/α,β-unsaturated/α-hetero) is 1. The highest BCUT2D eigenvalue weighted by Gasteiger charge is 2.09. The monoisotopic (exact) mass is 492 g/mol. The lowest BCUT2D eigenvalue weighted by Crippen LogP contribution is -2.19. The molecule has 35 heavy (non-hydrogen) atoms. The van der Waals surface area contributed by atoms with Crippen molar-refractivity contribution in [2.75, 3.05) is 19.3 Å². The van der Waals surface area contributed by atoms with Crippen LogP contribution in [0.15, 0.2) is 76.9 Å². The molecule has 0 bridgehead atoms. The molecule has 0 aliphatic heterocycles. The first-order valence-electron chi connectivity index (χ1n) is 10.7. The van der Waals surface area contributed by atoms with Gasteiger partial charge in [0.2, 0.25) is 0 Å². The van der Waals surface area contributed by atoms with Crippen molar-refractivity contribution >= 4 is 40.3 Å². The van der Waals surface area contributed by atoms with E-state index in [1.165, 1.54) is 6.20 Å². The number of hydrogen-bond acceptors (Lipinski definition) is 8. The summed E-state index contributed by atoms with van der Waals surface area (Å²) in [6.07, 6.45) is 3.12. The number of allylic oxidation sites excluding steroid dienone is 2. The van der Waals surface area contributed by atoms with Crippen molar-refractivity contribution in [3.05, 3.63) is 88.7 Å². The smallest absolute Gasteiger partial charge is 0.292 e. The van der Waals surface area contributed by atoms with Gasteiger partial charge in [0.15, 0.2) is 17.1 Å². The van der Waals surface area contributed by atoms with Gasteiger partial charge in [-0.1, -0.05) is 29.3 Å². The number of hydrogen-bond donors (Lipinski definition) is 2. The Morgan fingerprint density at radius 1 is 1.11 bits per heavy atom. The number of benzene rings is 2. The molecule has 9 heteroatoms. The molecule has 0 unspecified atom stereocenters. The number of ether oxygens (including phenoxy) is 1. The number of nitrogens with two attached hydrogens (primary N) is 1. The minimum atomic E-state index is -0.104. The number of rotatable bonds is 7. The summed E-state index contributed by atoms with van der Waals surface area (Å²) in [5, 5.41) is 3.30. The zero-order valence-electron chi connectivity index (χ0n) is 19.5. The molecule has 180 valence electrons. The average Bonchev–Trinajstić information content (AvgIpc) is 3.19. The van der Waals surface area contributed by atoms with Crippen LogP contribution in [-0.4, -0.2) is 35.1 Å². The first-order valence-corrected chi connectivity index (χ1v) is 11.1. The Labute approximate surface area is 207 Å². The number of ketones is 2. The standard InChI is InChI=1S/C15H14N4O3.C11H11ClO/c1-17-8-13(20)11-6-10(4-5-18-11)21-9-2-3-14-12(7-9)19-15(16)22-14;1-8(2)7-11(13)9-5-3-4-6-10(9)12/h2-7,17H,8H2,1H3,(H2,16,19);3-7H,1-2H3. The van der Waals surface area contributed by atoms with Gasteiger partial charge in [0.05, 0.1) is 11.6 Å². The SMILES string of the molecule is CC(C)=CC(=O)c1ccccc1Cl.CNCC(=O)c1cc(Oc2ccc3oc(N)nc3c2)ccn1. The highest BCUT2D eigenvalue weighted by Crippen LogP contribution is 2.26. The number of carbonyl (C=O) groups excluding carboxylic acids is 2. The van der Waals surface area contributed by atoms with Crippen LogP contribution in [0.25, 0.3) is 11.1 Å². The van der Waals surface area contributed by atoms with Crippen molar-refractivity contribution in [1.29, 1.82) is 0 Å². The summed E-state index contributed by atoms with van der Waals surface area (Å²) in [6.45, 7) is 3.99. The lowest BCUT2D eigenvalue weighted by Gasteiger charge is -2.06. The van der Waals surface area contributed by atoms with Gasteiger partial charge in [0.1, 0.15) is 22.7 Å². The second-order valence-corrected chi connectivity index (χ2v) is 8.09. The lowest BCUT2D eigenvalue weighted by atomic mass is 10.1. The van der Waals surface area contributed by atoms with Crippen LogP contribution < -0.4 is 15.8 Å². The number of carbonyl (C=O) groups is 2. The van der Waals surface area contributed by atoms with Crippen molar-refractivity contribution in [3.63, 3.8) is 0 Å². The maximum Gasteiger partial charge on any atom is 0.292 e.